The number of fused-ring (bicyclic) bond motifs is 1. The Balaban J connectivity index is 1.45. The summed E-state index contributed by atoms with van der Waals surface area (Å²) >= 11 is 0. The normalized spacial score (nSPS) is 19.6. The minimum atomic E-state index is -0.756. The predicted octanol–water partition coefficient (Wildman–Crippen LogP) is 3.85. The monoisotopic (exact) mass is 364 g/mol. The van der Waals surface area contributed by atoms with Crippen LogP contribution in [0.15, 0.2) is 48.5 Å². The first-order valence-corrected chi connectivity index (χ1v) is 9.58. The number of amides is 2. The van der Waals surface area contributed by atoms with Crippen LogP contribution in [-0.2, 0) is 11.2 Å². The molecule has 0 radical (unpaired) electrons. The molecule has 140 valence electrons. The number of benzene rings is 2. The van der Waals surface area contributed by atoms with Gasteiger partial charge in [-0.1, -0.05) is 42.5 Å². The molecule has 1 heterocycles. The summed E-state index contributed by atoms with van der Waals surface area (Å²) in [4.78, 5) is 25.5. The lowest BCUT2D eigenvalue weighted by Gasteiger charge is -2.31. The first kappa shape index (κ1) is 17.6. The third-order valence-corrected chi connectivity index (χ3v) is 5.76. The molecule has 1 aliphatic heterocycles. The number of likely N-dealkylation sites (tertiary alicyclic amines) is 1. The van der Waals surface area contributed by atoms with Crippen LogP contribution in [0.25, 0.3) is 11.1 Å². The van der Waals surface area contributed by atoms with Crippen molar-refractivity contribution in [1.29, 1.82) is 0 Å². The zero-order chi connectivity index (χ0) is 18.8. The minimum absolute atomic E-state index is 0.0216. The molecule has 0 bridgehead atoms. The third-order valence-electron chi connectivity index (χ3n) is 5.76. The number of carbonyl (C=O) groups is 2. The topological polar surface area (TPSA) is 69.6 Å². The second kappa shape index (κ2) is 7.43. The standard InChI is InChI=1S/C22H24N2O3/c25-21(26)17-10-12-24(13-11-17)22(27)23-20-9-8-16-6-7-18(14-19(16)20)15-4-2-1-3-5-15/h1-7,14,17,20H,8-13H2,(H,23,27)(H,25,26). The summed E-state index contributed by atoms with van der Waals surface area (Å²) in [6.45, 7) is 1.01. The molecule has 0 saturated carbocycles. The van der Waals surface area contributed by atoms with E-state index in [-0.39, 0.29) is 18.0 Å². The quantitative estimate of drug-likeness (QED) is 0.869. The third kappa shape index (κ3) is 3.68. The summed E-state index contributed by atoms with van der Waals surface area (Å²) in [7, 11) is 0. The fourth-order valence-electron chi connectivity index (χ4n) is 4.13. The molecule has 2 N–H and O–H groups in total. The molecular weight excluding hydrogens is 340 g/mol. The second-order valence-corrected chi connectivity index (χ2v) is 7.42. The van der Waals surface area contributed by atoms with Gasteiger partial charge >= 0.3 is 12.0 Å². The number of hydrogen-bond acceptors (Lipinski definition) is 2. The molecule has 1 saturated heterocycles. The van der Waals surface area contributed by atoms with E-state index in [1.807, 2.05) is 18.2 Å². The van der Waals surface area contributed by atoms with Crippen molar-refractivity contribution in [3.8, 4) is 11.1 Å². The molecule has 2 aliphatic rings. The van der Waals surface area contributed by atoms with Gasteiger partial charge in [0.05, 0.1) is 12.0 Å². The number of carboxylic acids is 1. The molecule has 1 unspecified atom stereocenters. The summed E-state index contributed by atoms with van der Waals surface area (Å²) in [5, 5.41) is 12.3. The van der Waals surface area contributed by atoms with Crippen molar-refractivity contribution in [1.82, 2.24) is 10.2 Å². The maximum atomic E-state index is 12.7. The number of urea groups is 1. The number of piperidine rings is 1. The maximum Gasteiger partial charge on any atom is 0.317 e. The van der Waals surface area contributed by atoms with E-state index in [0.717, 1.165) is 18.4 Å². The van der Waals surface area contributed by atoms with Crippen molar-refractivity contribution >= 4 is 12.0 Å². The zero-order valence-corrected chi connectivity index (χ0v) is 15.2. The molecule has 0 aromatic heterocycles. The Morgan fingerprint density at radius 2 is 1.70 bits per heavy atom. The van der Waals surface area contributed by atoms with Crippen LogP contribution in [0.4, 0.5) is 4.79 Å². The van der Waals surface area contributed by atoms with Gasteiger partial charge in [-0.15, -0.1) is 0 Å². The highest BCUT2D eigenvalue weighted by atomic mass is 16.4. The van der Waals surface area contributed by atoms with Gasteiger partial charge in [0.15, 0.2) is 0 Å². The first-order chi connectivity index (χ1) is 13.1. The lowest BCUT2D eigenvalue weighted by atomic mass is 9.97. The average molecular weight is 364 g/mol. The summed E-state index contributed by atoms with van der Waals surface area (Å²) in [6.07, 6.45) is 2.94. The smallest absolute Gasteiger partial charge is 0.317 e. The molecule has 4 rings (SSSR count). The molecule has 0 spiro atoms. The molecule has 5 heteroatoms. The van der Waals surface area contributed by atoms with E-state index in [1.165, 1.54) is 16.7 Å². The predicted molar refractivity (Wildman–Crippen MR) is 103 cm³/mol. The molecule has 27 heavy (non-hydrogen) atoms. The van der Waals surface area contributed by atoms with E-state index in [4.69, 9.17) is 5.11 Å². The van der Waals surface area contributed by atoms with Gasteiger partial charge in [0.2, 0.25) is 0 Å². The zero-order valence-electron chi connectivity index (χ0n) is 15.2. The molecule has 1 fully saturated rings. The maximum absolute atomic E-state index is 12.7. The summed E-state index contributed by atoms with van der Waals surface area (Å²) in [5.74, 6) is -1.08. The van der Waals surface area contributed by atoms with Gasteiger partial charge < -0.3 is 15.3 Å². The highest BCUT2D eigenvalue weighted by molar-refractivity contribution is 5.76. The number of nitrogens with one attached hydrogen (secondary N) is 1. The van der Waals surface area contributed by atoms with E-state index < -0.39 is 5.97 Å². The van der Waals surface area contributed by atoms with Crippen molar-refractivity contribution in [2.24, 2.45) is 5.92 Å². The van der Waals surface area contributed by atoms with Crippen LogP contribution >= 0.6 is 0 Å². The highest BCUT2D eigenvalue weighted by Crippen LogP contribution is 2.34. The number of aliphatic carboxylic acids is 1. The van der Waals surface area contributed by atoms with E-state index in [9.17, 15) is 9.59 Å². The Labute approximate surface area is 159 Å². The summed E-state index contributed by atoms with van der Waals surface area (Å²) in [5.41, 5.74) is 4.83. The fraction of sp³-hybridized carbons (Fsp3) is 0.364. The van der Waals surface area contributed by atoms with E-state index in [1.54, 1.807) is 4.90 Å². The van der Waals surface area contributed by atoms with Gasteiger partial charge in [-0.05, 0) is 54.0 Å². The Bertz CT molecular complexity index is 842. The molecule has 1 atom stereocenters. The Hall–Kier alpha value is -2.82. The van der Waals surface area contributed by atoms with Crippen LogP contribution in [0.2, 0.25) is 0 Å². The number of hydrogen-bond donors (Lipinski definition) is 2. The number of carboxylic acid groups (broad SMARTS) is 1. The molecule has 2 amide bonds. The Morgan fingerprint density at radius 3 is 2.41 bits per heavy atom. The van der Waals surface area contributed by atoms with Crippen molar-refractivity contribution in [2.45, 2.75) is 31.7 Å². The lowest BCUT2D eigenvalue weighted by Crippen LogP contribution is -2.46. The number of nitrogens with zero attached hydrogens (tertiary/aromatic N) is 1. The SMILES string of the molecule is O=C(O)C1CCN(C(=O)NC2CCc3ccc(-c4ccccc4)cc32)CC1. The first-order valence-electron chi connectivity index (χ1n) is 9.58. The van der Waals surface area contributed by atoms with Crippen molar-refractivity contribution in [3.05, 3.63) is 59.7 Å². The summed E-state index contributed by atoms with van der Waals surface area (Å²) in [6, 6.07) is 16.7. The largest absolute Gasteiger partial charge is 0.481 e. The Kier molecular flexibility index (Phi) is 4.84. The fourth-order valence-corrected chi connectivity index (χ4v) is 4.13. The van der Waals surface area contributed by atoms with Crippen LogP contribution in [0.1, 0.15) is 36.4 Å². The number of carbonyl (C=O) groups excluding carboxylic acids is 1. The average Bonchev–Trinajstić information content (AvgIpc) is 3.10. The molecular formula is C22H24N2O3. The Morgan fingerprint density at radius 1 is 0.963 bits per heavy atom. The van der Waals surface area contributed by atoms with Crippen LogP contribution in [-0.4, -0.2) is 35.1 Å². The van der Waals surface area contributed by atoms with Crippen molar-refractivity contribution in [2.75, 3.05) is 13.1 Å². The molecule has 5 nitrogen and oxygen atoms in total. The number of aryl methyl sites for hydroxylation is 1. The van der Waals surface area contributed by atoms with Crippen molar-refractivity contribution in [3.63, 3.8) is 0 Å². The lowest BCUT2D eigenvalue weighted by molar-refractivity contribution is -0.143. The van der Waals surface area contributed by atoms with Crippen LogP contribution in [0.3, 0.4) is 0 Å². The van der Waals surface area contributed by atoms with Gasteiger partial charge in [0, 0.05) is 13.1 Å². The van der Waals surface area contributed by atoms with Gasteiger partial charge in [-0.2, -0.15) is 0 Å². The van der Waals surface area contributed by atoms with Crippen LogP contribution in [0.5, 0.6) is 0 Å². The van der Waals surface area contributed by atoms with Gasteiger partial charge in [0.25, 0.3) is 0 Å². The van der Waals surface area contributed by atoms with E-state index in [0.29, 0.717) is 25.9 Å². The summed E-state index contributed by atoms with van der Waals surface area (Å²) < 4.78 is 0. The van der Waals surface area contributed by atoms with Gasteiger partial charge in [-0.25, -0.2) is 4.79 Å². The van der Waals surface area contributed by atoms with Gasteiger partial charge in [0.1, 0.15) is 0 Å². The van der Waals surface area contributed by atoms with Crippen LogP contribution in [0, 0.1) is 5.92 Å². The number of rotatable bonds is 3. The van der Waals surface area contributed by atoms with Crippen molar-refractivity contribution < 1.29 is 14.7 Å². The highest BCUT2D eigenvalue weighted by Gasteiger charge is 2.30. The van der Waals surface area contributed by atoms with Crippen LogP contribution < -0.4 is 5.32 Å². The molecule has 2 aromatic rings. The minimum Gasteiger partial charge on any atom is -0.481 e. The van der Waals surface area contributed by atoms with E-state index in [2.05, 4.69) is 35.6 Å². The second-order valence-electron chi connectivity index (χ2n) is 7.42. The molecule has 2 aromatic carbocycles. The van der Waals surface area contributed by atoms with E-state index >= 15 is 0 Å². The van der Waals surface area contributed by atoms with Gasteiger partial charge in [-0.3, -0.25) is 4.79 Å². The molecule has 1 aliphatic carbocycles.